The lowest BCUT2D eigenvalue weighted by Gasteiger charge is -2.16. The maximum absolute atomic E-state index is 16.0. The van der Waals surface area contributed by atoms with Crippen molar-refractivity contribution in [1.29, 1.82) is 0 Å². The van der Waals surface area contributed by atoms with Crippen LogP contribution in [0, 0.1) is 5.82 Å². The van der Waals surface area contributed by atoms with E-state index in [0.29, 0.717) is 30.6 Å². The van der Waals surface area contributed by atoms with E-state index < -0.39 is 17.9 Å². The topological polar surface area (TPSA) is 61.8 Å². The number of halogens is 1. The van der Waals surface area contributed by atoms with Gasteiger partial charge in [-0.15, -0.1) is 0 Å². The number of hydrogen-bond donors (Lipinski definition) is 0. The summed E-state index contributed by atoms with van der Waals surface area (Å²) >= 11 is 0. The summed E-state index contributed by atoms with van der Waals surface area (Å²) in [5.74, 6) is -1.09. The zero-order valence-electron chi connectivity index (χ0n) is 24.6. The standard InChI is InChI=1S/C35H43FO5/c1-4-7-8-9-10-11-12-16-25-39-29-21-19-26(20-22-29)30-23-24-31(33(36)32(30)27-17-14-13-15-18-27)34(37)41-35(38)40-28(5-2)6-3/h13-15,17-24,28H,4-12,16,25H2,1-3H3. The molecule has 0 radical (unpaired) electrons. The number of hydrogen-bond acceptors (Lipinski definition) is 5. The summed E-state index contributed by atoms with van der Waals surface area (Å²) < 4.78 is 31.9. The van der Waals surface area contributed by atoms with Gasteiger partial charge in [-0.1, -0.05) is 114 Å². The van der Waals surface area contributed by atoms with Crippen LogP contribution in [0.3, 0.4) is 0 Å². The number of rotatable bonds is 16. The Morgan fingerprint density at radius 2 is 1.37 bits per heavy atom. The molecule has 5 nitrogen and oxygen atoms in total. The summed E-state index contributed by atoms with van der Waals surface area (Å²) in [6.45, 7) is 6.62. The summed E-state index contributed by atoms with van der Waals surface area (Å²) in [5, 5.41) is 0. The third kappa shape index (κ3) is 9.73. The molecule has 0 N–H and O–H groups in total. The summed E-state index contributed by atoms with van der Waals surface area (Å²) in [5.41, 5.74) is 1.90. The molecule has 3 aromatic rings. The number of esters is 1. The molecular weight excluding hydrogens is 519 g/mol. The average Bonchev–Trinajstić information content (AvgIpc) is 2.99. The van der Waals surface area contributed by atoms with E-state index in [-0.39, 0.29) is 17.2 Å². The van der Waals surface area contributed by atoms with Gasteiger partial charge in [0.25, 0.3) is 0 Å². The van der Waals surface area contributed by atoms with E-state index in [2.05, 4.69) is 6.92 Å². The van der Waals surface area contributed by atoms with Gasteiger partial charge in [0.05, 0.1) is 12.2 Å². The minimum Gasteiger partial charge on any atom is -0.494 e. The highest BCUT2D eigenvalue weighted by Gasteiger charge is 2.24. The van der Waals surface area contributed by atoms with E-state index in [0.717, 1.165) is 24.2 Å². The van der Waals surface area contributed by atoms with Gasteiger partial charge in [-0.05, 0) is 54.2 Å². The molecule has 0 unspecified atom stereocenters. The van der Waals surface area contributed by atoms with Crippen LogP contribution in [-0.2, 0) is 9.47 Å². The molecule has 220 valence electrons. The molecule has 0 amide bonds. The number of carbonyl (C=O) groups excluding carboxylic acids is 2. The third-order valence-corrected chi connectivity index (χ3v) is 7.21. The van der Waals surface area contributed by atoms with Gasteiger partial charge in [-0.3, -0.25) is 0 Å². The molecule has 0 saturated carbocycles. The van der Waals surface area contributed by atoms with Crippen LogP contribution in [0.15, 0.2) is 66.7 Å². The van der Waals surface area contributed by atoms with E-state index in [1.165, 1.54) is 44.6 Å². The highest BCUT2D eigenvalue weighted by molar-refractivity contribution is 5.98. The maximum atomic E-state index is 16.0. The Hall–Kier alpha value is -3.67. The van der Waals surface area contributed by atoms with Crippen LogP contribution < -0.4 is 4.74 Å². The Morgan fingerprint density at radius 3 is 2.00 bits per heavy atom. The molecule has 0 saturated heterocycles. The van der Waals surface area contributed by atoms with Crippen LogP contribution in [0.4, 0.5) is 9.18 Å². The quantitative estimate of drug-likeness (QED) is 0.0987. The minimum absolute atomic E-state index is 0.251. The first-order valence-electron chi connectivity index (χ1n) is 15.0. The Kier molecular flexibility index (Phi) is 13.4. The molecule has 3 rings (SSSR count). The van der Waals surface area contributed by atoms with Gasteiger partial charge in [-0.2, -0.15) is 0 Å². The molecule has 0 aliphatic rings. The number of carbonyl (C=O) groups is 2. The van der Waals surface area contributed by atoms with E-state index in [9.17, 15) is 9.59 Å². The zero-order chi connectivity index (χ0) is 29.5. The van der Waals surface area contributed by atoms with E-state index >= 15 is 4.39 Å². The zero-order valence-corrected chi connectivity index (χ0v) is 24.6. The van der Waals surface area contributed by atoms with Crippen molar-refractivity contribution in [3.63, 3.8) is 0 Å². The monoisotopic (exact) mass is 562 g/mol. The Balaban J connectivity index is 1.71. The number of unbranched alkanes of at least 4 members (excludes halogenated alkanes) is 7. The molecule has 0 atom stereocenters. The molecule has 0 heterocycles. The average molecular weight is 563 g/mol. The second-order valence-corrected chi connectivity index (χ2v) is 10.3. The number of ether oxygens (including phenoxy) is 3. The molecule has 6 heteroatoms. The fourth-order valence-electron chi connectivity index (χ4n) is 4.76. The Morgan fingerprint density at radius 1 is 0.732 bits per heavy atom. The van der Waals surface area contributed by atoms with Gasteiger partial charge < -0.3 is 14.2 Å². The smallest absolute Gasteiger partial charge is 0.494 e. The van der Waals surface area contributed by atoms with Crippen molar-refractivity contribution in [2.75, 3.05) is 6.61 Å². The highest BCUT2D eigenvalue weighted by atomic mass is 19.1. The molecule has 0 aliphatic heterocycles. The van der Waals surface area contributed by atoms with Crippen LogP contribution >= 0.6 is 0 Å². The molecule has 0 aromatic heterocycles. The molecular formula is C35H43FO5. The van der Waals surface area contributed by atoms with E-state index in [4.69, 9.17) is 14.2 Å². The van der Waals surface area contributed by atoms with Crippen LogP contribution in [0.2, 0.25) is 0 Å². The molecule has 41 heavy (non-hydrogen) atoms. The van der Waals surface area contributed by atoms with E-state index in [1.54, 1.807) is 30.3 Å². The predicted octanol–water partition coefficient (Wildman–Crippen LogP) is 10.2. The van der Waals surface area contributed by atoms with Gasteiger partial charge in [0.1, 0.15) is 17.7 Å². The van der Waals surface area contributed by atoms with E-state index in [1.807, 2.05) is 44.2 Å². The Labute approximate surface area is 244 Å². The van der Waals surface area contributed by atoms with Crippen molar-refractivity contribution in [2.45, 2.75) is 91.1 Å². The first-order chi connectivity index (χ1) is 20.0. The second-order valence-electron chi connectivity index (χ2n) is 10.3. The van der Waals surface area contributed by atoms with Crippen molar-refractivity contribution in [3.05, 3.63) is 78.1 Å². The number of benzene rings is 3. The van der Waals surface area contributed by atoms with Crippen molar-refractivity contribution in [3.8, 4) is 28.0 Å². The lowest BCUT2D eigenvalue weighted by Crippen LogP contribution is -2.21. The molecule has 0 aliphatic carbocycles. The van der Waals surface area contributed by atoms with Crippen LogP contribution in [0.5, 0.6) is 5.75 Å². The summed E-state index contributed by atoms with van der Waals surface area (Å²) in [4.78, 5) is 24.9. The lowest BCUT2D eigenvalue weighted by atomic mass is 9.92. The normalized spacial score (nSPS) is 11.0. The van der Waals surface area contributed by atoms with Gasteiger partial charge in [0.15, 0.2) is 0 Å². The van der Waals surface area contributed by atoms with Crippen molar-refractivity contribution in [2.24, 2.45) is 0 Å². The minimum atomic E-state index is -1.13. The predicted molar refractivity (Wildman–Crippen MR) is 162 cm³/mol. The van der Waals surface area contributed by atoms with Crippen molar-refractivity contribution < 1.29 is 28.2 Å². The largest absolute Gasteiger partial charge is 0.516 e. The fourth-order valence-corrected chi connectivity index (χ4v) is 4.76. The first-order valence-corrected chi connectivity index (χ1v) is 15.0. The van der Waals surface area contributed by atoms with Crippen LogP contribution in [0.1, 0.15) is 95.3 Å². The fraction of sp³-hybridized carbons (Fsp3) is 0.429. The summed E-state index contributed by atoms with van der Waals surface area (Å²) in [6.07, 6.45) is 9.62. The molecule has 0 spiro atoms. The van der Waals surface area contributed by atoms with Crippen LogP contribution in [-0.4, -0.2) is 24.8 Å². The molecule has 3 aromatic carbocycles. The van der Waals surface area contributed by atoms with Crippen molar-refractivity contribution >= 4 is 12.1 Å². The first kappa shape index (κ1) is 31.9. The van der Waals surface area contributed by atoms with Gasteiger partial charge in [0.2, 0.25) is 0 Å². The maximum Gasteiger partial charge on any atom is 0.516 e. The highest BCUT2D eigenvalue weighted by Crippen LogP contribution is 2.36. The van der Waals surface area contributed by atoms with Gasteiger partial charge in [0, 0.05) is 5.56 Å². The molecule has 0 bridgehead atoms. The second kappa shape index (κ2) is 17.2. The third-order valence-electron chi connectivity index (χ3n) is 7.21. The van der Waals surface area contributed by atoms with Gasteiger partial charge >= 0.3 is 12.1 Å². The SMILES string of the molecule is CCCCCCCCCCOc1ccc(-c2ccc(C(=O)OC(=O)OC(CC)CC)c(F)c2-c2ccccc2)cc1. The molecule has 0 fully saturated rings. The van der Waals surface area contributed by atoms with Crippen molar-refractivity contribution in [1.82, 2.24) is 0 Å². The summed E-state index contributed by atoms with van der Waals surface area (Å²) in [7, 11) is 0. The lowest BCUT2D eigenvalue weighted by molar-refractivity contribution is 0.0196. The van der Waals surface area contributed by atoms with Crippen LogP contribution in [0.25, 0.3) is 22.3 Å². The Bertz CT molecular complexity index is 1220. The van der Waals surface area contributed by atoms with Gasteiger partial charge in [-0.25, -0.2) is 14.0 Å². The summed E-state index contributed by atoms with van der Waals surface area (Å²) in [6, 6.07) is 19.5.